The monoisotopic (exact) mass is 282 g/mol. The molecule has 0 saturated heterocycles. The lowest BCUT2D eigenvalue weighted by Crippen LogP contribution is -2.33. The highest BCUT2D eigenvalue weighted by molar-refractivity contribution is 5.64. The van der Waals surface area contributed by atoms with Crippen LogP contribution in [-0.4, -0.2) is 24.2 Å². The maximum Gasteiger partial charge on any atom is 0.138 e. The van der Waals surface area contributed by atoms with Crippen LogP contribution in [0.15, 0.2) is 42.7 Å². The third kappa shape index (κ3) is 3.24. The first-order valence-electron chi connectivity index (χ1n) is 7.61. The van der Waals surface area contributed by atoms with Gasteiger partial charge in [-0.25, -0.2) is 0 Å². The minimum absolute atomic E-state index is 0.193. The summed E-state index contributed by atoms with van der Waals surface area (Å²) < 4.78 is 5.91. The molecule has 0 spiro atoms. The SMILES string of the molecule is CCc1ccc(-c2cncc(OCC3(NC)CC3)c2)cc1. The van der Waals surface area contributed by atoms with E-state index in [1.807, 2.05) is 13.2 Å². The van der Waals surface area contributed by atoms with Crippen molar-refractivity contribution in [2.24, 2.45) is 0 Å². The molecule has 1 fully saturated rings. The van der Waals surface area contributed by atoms with E-state index in [0.29, 0.717) is 6.61 Å². The quantitative estimate of drug-likeness (QED) is 0.881. The zero-order valence-corrected chi connectivity index (χ0v) is 12.7. The zero-order valence-electron chi connectivity index (χ0n) is 12.7. The largest absolute Gasteiger partial charge is 0.490 e. The number of rotatable bonds is 6. The first kappa shape index (κ1) is 14.1. The van der Waals surface area contributed by atoms with E-state index in [0.717, 1.165) is 17.7 Å². The normalized spacial score (nSPS) is 15.7. The van der Waals surface area contributed by atoms with Gasteiger partial charge in [-0.3, -0.25) is 4.98 Å². The number of nitrogens with zero attached hydrogens (tertiary/aromatic N) is 1. The first-order chi connectivity index (χ1) is 10.2. The Morgan fingerprint density at radius 2 is 1.90 bits per heavy atom. The second-order valence-electron chi connectivity index (χ2n) is 5.78. The average Bonchev–Trinajstić information content (AvgIpc) is 3.34. The van der Waals surface area contributed by atoms with E-state index >= 15 is 0 Å². The van der Waals surface area contributed by atoms with Gasteiger partial charge in [0.15, 0.2) is 0 Å². The second kappa shape index (κ2) is 5.86. The van der Waals surface area contributed by atoms with Crippen LogP contribution in [0.3, 0.4) is 0 Å². The summed E-state index contributed by atoms with van der Waals surface area (Å²) in [4.78, 5) is 4.31. The third-order valence-corrected chi connectivity index (χ3v) is 4.31. The average molecular weight is 282 g/mol. The minimum atomic E-state index is 0.193. The first-order valence-corrected chi connectivity index (χ1v) is 7.61. The number of ether oxygens (including phenoxy) is 1. The minimum Gasteiger partial charge on any atom is -0.490 e. The van der Waals surface area contributed by atoms with Gasteiger partial charge >= 0.3 is 0 Å². The summed E-state index contributed by atoms with van der Waals surface area (Å²) in [5, 5.41) is 3.34. The smallest absolute Gasteiger partial charge is 0.138 e. The van der Waals surface area contributed by atoms with Gasteiger partial charge in [0.1, 0.15) is 12.4 Å². The Balaban J connectivity index is 1.72. The van der Waals surface area contributed by atoms with E-state index < -0.39 is 0 Å². The molecule has 21 heavy (non-hydrogen) atoms. The van der Waals surface area contributed by atoms with E-state index in [1.54, 1.807) is 6.20 Å². The van der Waals surface area contributed by atoms with Crippen LogP contribution in [0.25, 0.3) is 11.1 Å². The topological polar surface area (TPSA) is 34.1 Å². The summed E-state index contributed by atoms with van der Waals surface area (Å²) in [5.41, 5.74) is 3.83. The summed E-state index contributed by atoms with van der Waals surface area (Å²) in [6.45, 7) is 2.88. The lowest BCUT2D eigenvalue weighted by Gasteiger charge is -2.15. The number of nitrogens with one attached hydrogen (secondary N) is 1. The number of hydrogen-bond acceptors (Lipinski definition) is 3. The summed E-state index contributed by atoms with van der Waals surface area (Å²) in [6, 6.07) is 10.7. The fraction of sp³-hybridized carbons (Fsp3) is 0.389. The number of likely N-dealkylation sites (N-methyl/N-ethyl adjacent to an activating group) is 1. The Labute approximate surface area is 126 Å². The fourth-order valence-electron chi connectivity index (χ4n) is 2.43. The van der Waals surface area contributed by atoms with Crippen molar-refractivity contribution in [2.75, 3.05) is 13.7 Å². The molecular weight excluding hydrogens is 260 g/mol. The maximum atomic E-state index is 5.91. The third-order valence-electron chi connectivity index (χ3n) is 4.31. The van der Waals surface area contributed by atoms with Crippen molar-refractivity contribution in [3.05, 3.63) is 48.3 Å². The number of pyridine rings is 1. The Morgan fingerprint density at radius 1 is 1.14 bits per heavy atom. The molecule has 1 heterocycles. The molecule has 0 aliphatic heterocycles. The van der Waals surface area contributed by atoms with Crippen molar-refractivity contribution in [2.45, 2.75) is 31.7 Å². The van der Waals surface area contributed by atoms with Crippen LogP contribution in [0.4, 0.5) is 0 Å². The van der Waals surface area contributed by atoms with Gasteiger partial charge < -0.3 is 10.1 Å². The molecule has 1 aromatic heterocycles. The molecule has 0 bridgehead atoms. The fourth-order valence-corrected chi connectivity index (χ4v) is 2.43. The van der Waals surface area contributed by atoms with Gasteiger partial charge in [-0.1, -0.05) is 31.2 Å². The Kier molecular flexibility index (Phi) is 3.93. The van der Waals surface area contributed by atoms with Crippen LogP contribution in [0, 0.1) is 0 Å². The molecule has 1 saturated carbocycles. The van der Waals surface area contributed by atoms with Crippen molar-refractivity contribution in [1.82, 2.24) is 10.3 Å². The lowest BCUT2D eigenvalue weighted by atomic mass is 10.0. The van der Waals surface area contributed by atoms with Gasteiger partial charge in [0, 0.05) is 11.8 Å². The molecule has 1 N–H and O–H groups in total. The Hall–Kier alpha value is -1.87. The number of hydrogen-bond donors (Lipinski definition) is 1. The second-order valence-corrected chi connectivity index (χ2v) is 5.78. The molecule has 1 aliphatic rings. The molecule has 0 amide bonds. The molecule has 1 aromatic carbocycles. The molecule has 0 unspecified atom stereocenters. The molecule has 0 atom stereocenters. The van der Waals surface area contributed by atoms with E-state index in [4.69, 9.17) is 4.74 Å². The summed E-state index contributed by atoms with van der Waals surface area (Å²) in [7, 11) is 2.00. The van der Waals surface area contributed by atoms with Gasteiger partial charge in [-0.15, -0.1) is 0 Å². The van der Waals surface area contributed by atoms with Gasteiger partial charge in [-0.2, -0.15) is 0 Å². The predicted molar refractivity (Wildman–Crippen MR) is 85.6 cm³/mol. The van der Waals surface area contributed by atoms with E-state index in [-0.39, 0.29) is 5.54 Å². The molecule has 3 nitrogen and oxygen atoms in total. The molecule has 2 aromatic rings. The van der Waals surface area contributed by atoms with E-state index in [2.05, 4.69) is 47.6 Å². The molecule has 3 heteroatoms. The van der Waals surface area contributed by atoms with E-state index in [1.165, 1.54) is 24.0 Å². The summed E-state index contributed by atoms with van der Waals surface area (Å²) in [5.74, 6) is 0.841. The predicted octanol–water partition coefficient (Wildman–Crippen LogP) is 3.44. The summed E-state index contributed by atoms with van der Waals surface area (Å²) >= 11 is 0. The zero-order chi connectivity index (χ0) is 14.7. The standard InChI is InChI=1S/C18H22N2O/c1-3-14-4-6-15(7-5-14)16-10-17(12-20-11-16)21-13-18(19-2)8-9-18/h4-7,10-12,19H,3,8-9,13H2,1-2H3. The van der Waals surface area contributed by atoms with Crippen molar-refractivity contribution in [3.8, 4) is 16.9 Å². The number of aromatic nitrogens is 1. The van der Waals surface area contributed by atoms with Crippen molar-refractivity contribution >= 4 is 0 Å². The summed E-state index contributed by atoms with van der Waals surface area (Å²) in [6.07, 6.45) is 7.12. The Morgan fingerprint density at radius 3 is 2.52 bits per heavy atom. The Bertz CT molecular complexity index is 603. The highest BCUT2D eigenvalue weighted by Crippen LogP contribution is 2.35. The van der Waals surface area contributed by atoms with Gasteiger partial charge in [0.25, 0.3) is 0 Å². The van der Waals surface area contributed by atoms with Crippen LogP contribution in [0.2, 0.25) is 0 Å². The van der Waals surface area contributed by atoms with Crippen LogP contribution >= 0.6 is 0 Å². The van der Waals surface area contributed by atoms with E-state index in [9.17, 15) is 0 Å². The molecule has 3 rings (SSSR count). The molecular formula is C18H22N2O. The lowest BCUT2D eigenvalue weighted by molar-refractivity contribution is 0.259. The van der Waals surface area contributed by atoms with Crippen LogP contribution in [-0.2, 0) is 6.42 Å². The van der Waals surface area contributed by atoms with Crippen molar-refractivity contribution < 1.29 is 4.74 Å². The van der Waals surface area contributed by atoms with Crippen LogP contribution in [0.1, 0.15) is 25.3 Å². The highest BCUT2D eigenvalue weighted by Gasteiger charge is 2.41. The van der Waals surface area contributed by atoms with Gasteiger partial charge in [0.05, 0.1) is 11.7 Å². The van der Waals surface area contributed by atoms with Gasteiger partial charge in [-0.05, 0) is 43.5 Å². The number of benzene rings is 1. The molecule has 110 valence electrons. The van der Waals surface area contributed by atoms with Crippen LogP contribution in [0.5, 0.6) is 5.75 Å². The van der Waals surface area contributed by atoms with Crippen LogP contribution < -0.4 is 10.1 Å². The maximum absolute atomic E-state index is 5.91. The van der Waals surface area contributed by atoms with Crippen molar-refractivity contribution in [3.63, 3.8) is 0 Å². The van der Waals surface area contributed by atoms with Gasteiger partial charge in [0.2, 0.25) is 0 Å². The molecule has 0 radical (unpaired) electrons. The molecule has 1 aliphatic carbocycles. The highest BCUT2D eigenvalue weighted by atomic mass is 16.5. The number of aryl methyl sites for hydroxylation is 1. The van der Waals surface area contributed by atoms with Crippen molar-refractivity contribution in [1.29, 1.82) is 0 Å².